The maximum absolute atomic E-state index is 12.9. The SMILES string of the molecule is CC(Nc1ccc(F)cc1)(C(N)=O)c1ccccc1Cl. The van der Waals surface area contributed by atoms with Crippen LogP contribution in [-0.2, 0) is 10.3 Å². The maximum Gasteiger partial charge on any atom is 0.247 e. The molecule has 1 amide bonds. The zero-order valence-electron chi connectivity index (χ0n) is 10.9. The normalized spacial score (nSPS) is 13.6. The Labute approximate surface area is 121 Å². The Morgan fingerprint density at radius 1 is 1.20 bits per heavy atom. The Morgan fingerprint density at radius 3 is 2.35 bits per heavy atom. The molecule has 0 aromatic heterocycles. The van der Waals surface area contributed by atoms with Crippen molar-refractivity contribution < 1.29 is 9.18 Å². The first-order chi connectivity index (χ1) is 9.43. The lowest BCUT2D eigenvalue weighted by atomic mass is 9.90. The van der Waals surface area contributed by atoms with E-state index in [1.54, 1.807) is 31.2 Å². The second-order valence-corrected chi connectivity index (χ2v) is 5.01. The van der Waals surface area contributed by atoms with E-state index in [1.165, 1.54) is 24.3 Å². The van der Waals surface area contributed by atoms with Crippen LogP contribution in [-0.4, -0.2) is 5.91 Å². The molecule has 2 aromatic carbocycles. The van der Waals surface area contributed by atoms with Gasteiger partial charge >= 0.3 is 0 Å². The van der Waals surface area contributed by atoms with Crippen molar-refractivity contribution in [3.8, 4) is 0 Å². The first-order valence-corrected chi connectivity index (χ1v) is 6.40. The number of amides is 1. The minimum absolute atomic E-state index is 0.353. The summed E-state index contributed by atoms with van der Waals surface area (Å²) < 4.78 is 12.9. The summed E-state index contributed by atoms with van der Waals surface area (Å²) in [7, 11) is 0. The molecule has 20 heavy (non-hydrogen) atoms. The molecule has 0 spiro atoms. The van der Waals surface area contributed by atoms with Crippen LogP contribution in [0, 0.1) is 5.82 Å². The number of anilines is 1. The monoisotopic (exact) mass is 292 g/mol. The van der Waals surface area contributed by atoms with Crippen molar-refractivity contribution in [2.75, 3.05) is 5.32 Å². The van der Waals surface area contributed by atoms with E-state index < -0.39 is 11.4 Å². The summed E-state index contributed by atoms with van der Waals surface area (Å²) in [5, 5.41) is 3.45. The van der Waals surface area contributed by atoms with Crippen molar-refractivity contribution in [2.45, 2.75) is 12.5 Å². The molecule has 3 N–H and O–H groups in total. The lowest BCUT2D eigenvalue weighted by Crippen LogP contribution is -2.45. The molecular weight excluding hydrogens is 279 g/mol. The molecular formula is C15H14ClFN2O. The molecule has 1 atom stereocenters. The number of halogens is 2. The molecule has 0 fully saturated rings. The van der Waals surface area contributed by atoms with Gasteiger partial charge in [-0.15, -0.1) is 0 Å². The molecule has 0 heterocycles. The van der Waals surface area contributed by atoms with Gasteiger partial charge in [-0.05, 0) is 37.3 Å². The highest BCUT2D eigenvalue weighted by atomic mass is 35.5. The van der Waals surface area contributed by atoms with E-state index in [0.29, 0.717) is 16.3 Å². The van der Waals surface area contributed by atoms with Gasteiger partial charge in [0.05, 0.1) is 0 Å². The summed E-state index contributed by atoms with van der Waals surface area (Å²) in [4.78, 5) is 11.9. The van der Waals surface area contributed by atoms with Gasteiger partial charge < -0.3 is 11.1 Å². The molecule has 1 unspecified atom stereocenters. The average molecular weight is 293 g/mol. The third kappa shape index (κ3) is 2.75. The average Bonchev–Trinajstić information content (AvgIpc) is 2.41. The molecule has 0 bridgehead atoms. The quantitative estimate of drug-likeness (QED) is 0.908. The van der Waals surface area contributed by atoms with Gasteiger partial charge in [-0.2, -0.15) is 0 Å². The van der Waals surface area contributed by atoms with Crippen molar-refractivity contribution in [3.63, 3.8) is 0 Å². The minimum Gasteiger partial charge on any atom is -0.368 e. The molecule has 2 rings (SSSR count). The fraction of sp³-hybridized carbons (Fsp3) is 0.133. The van der Waals surface area contributed by atoms with E-state index in [-0.39, 0.29) is 5.82 Å². The molecule has 0 aliphatic heterocycles. The van der Waals surface area contributed by atoms with Crippen LogP contribution >= 0.6 is 11.6 Å². The lowest BCUT2D eigenvalue weighted by molar-refractivity contribution is -0.122. The van der Waals surface area contributed by atoms with Gasteiger partial charge in [0, 0.05) is 16.3 Å². The lowest BCUT2D eigenvalue weighted by Gasteiger charge is -2.30. The van der Waals surface area contributed by atoms with Gasteiger partial charge in [0.2, 0.25) is 5.91 Å². The van der Waals surface area contributed by atoms with Gasteiger partial charge in [0.25, 0.3) is 0 Å². The van der Waals surface area contributed by atoms with Crippen LogP contribution in [0.25, 0.3) is 0 Å². The van der Waals surface area contributed by atoms with Crippen LogP contribution in [0.15, 0.2) is 48.5 Å². The molecule has 5 heteroatoms. The highest BCUT2D eigenvalue weighted by molar-refractivity contribution is 6.31. The van der Waals surface area contributed by atoms with Gasteiger partial charge in [-0.3, -0.25) is 4.79 Å². The topological polar surface area (TPSA) is 55.1 Å². The van der Waals surface area contributed by atoms with Crippen LogP contribution in [0.1, 0.15) is 12.5 Å². The standard InChI is InChI=1S/C15H14ClFN2O/c1-15(14(18)20,12-4-2-3-5-13(12)16)19-11-8-6-10(17)7-9-11/h2-9,19H,1H3,(H2,18,20). The summed E-state index contributed by atoms with van der Waals surface area (Å²) in [6.45, 7) is 1.64. The highest BCUT2D eigenvalue weighted by Gasteiger charge is 2.34. The number of carbonyl (C=O) groups is 1. The third-order valence-electron chi connectivity index (χ3n) is 3.14. The zero-order valence-corrected chi connectivity index (χ0v) is 11.6. The van der Waals surface area contributed by atoms with E-state index in [1.807, 2.05) is 0 Å². The van der Waals surface area contributed by atoms with Crippen molar-refractivity contribution in [1.82, 2.24) is 0 Å². The second-order valence-electron chi connectivity index (χ2n) is 4.60. The van der Waals surface area contributed by atoms with E-state index in [2.05, 4.69) is 5.32 Å². The predicted molar refractivity (Wildman–Crippen MR) is 78.0 cm³/mol. The van der Waals surface area contributed by atoms with Gasteiger partial charge in [-0.25, -0.2) is 4.39 Å². The minimum atomic E-state index is -1.18. The summed E-state index contributed by atoms with van der Waals surface area (Å²) >= 11 is 6.14. The first-order valence-electron chi connectivity index (χ1n) is 6.02. The number of rotatable bonds is 4. The Kier molecular flexibility index (Phi) is 3.95. The summed E-state index contributed by atoms with van der Waals surface area (Å²) in [5.41, 5.74) is 5.48. The summed E-state index contributed by atoms with van der Waals surface area (Å²) in [6.07, 6.45) is 0. The summed E-state index contributed by atoms with van der Waals surface area (Å²) in [5.74, 6) is -0.927. The largest absolute Gasteiger partial charge is 0.368 e. The fourth-order valence-corrected chi connectivity index (χ4v) is 2.27. The number of primary amides is 1. The second kappa shape index (κ2) is 5.51. The fourth-order valence-electron chi connectivity index (χ4n) is 1.95. The number of hydrogen-bond acceptors (Lipinski definition) is 2. The Bertz CT molecular complexity index is 630. The van der Waals surface area contributed by atoms with E-state index >= 15 is 0 Å². The Hall–Kier alpha value is -2.07. The van der Waals surface area contributed by atoms with Crippen LogP contribution in [0.3, 0.4) is 0 Å². The van der Waals surface area contributed by atoms with Gasteiger partial charge in [0.1, 0.15) is 11.4 Å². The third-order valence-corrected chi connectivity index (χ3v) is 3.47. The molecule has 0 saturated carbocycles. The van der Waals surface area contributed by atoms with E-state index in [0.717, 1.165) is 0 Å². The molecule has 2 aromatic rings. The van der Waals surface area contributed by atoms with Crippen molar-refractivity contribution in [3.05, 3.63) is 64.9 Å². The van der Waals surface area contributed by atoms with E-state index in [4.69, 9.17) is 17.3 Å². The van der Waals surface area contributed by atoms with Crippen molar-refractivity contribution in [1.29, 1.82) is 0 Å². The van der Waals surface area contributed by atoms with Gasteiger partial charge in [0.15, 0.2) is 0 Å². The van der Waals surface area contributed by atoms with Crippen LogP contribution in [0.5, 0.6) is 0 Å². The smallest absolute Gasteiger partial charge is 0.247 e. The number of carbonyl (C=O) groups excluding carboxylic acids is 1. The van der Waals surface area contributed by atoms with Crippen LogP contribution in [0.4, 0.5) is 10.1 Å². The number of nitrogens with one attached hydrogen (secondary N) is 1. The number of benzene rings is 2. The molecule has 104 valence electrons. The summed E-state index contributed by atoms with van der Waals surface area (Å²) in [6, 6.07) is 12.6. The van der Waals surface area contributed by atoms with Crippen molar-refractivity contribution >= 4 is 23.2 Å². The number of hydrogen-bond donors (Lipinski definition) is 2. The molecule has 0 aliphatic carbocycles. The Balaban J connectivity index is 2.43. The van der Waals surface area contributed by atoms with Gasteiger partial charge in [-0.1, -0.05) is 29.8 Å². The molecule has 0 saturated heterocycles. The maximum atomic E-state index is 12.9. The first kappa shape index (κ1) is 14.3. The molecule has 3 nitrogen and oxygen atoms in total. The predicted octanol–water partition coefficient (Wildman–Crippen LogP) is 3.29. The molecule has 0 aliphatic rings. The zero-order chi connectivity index (χ0) is 14.8. The van der Waals surface area contributed by atoms with Crippen LogP contribution < -0.4 is 11.1 Å². The Morgan fingerprint density at radius 2 is 1.80 bits per heavy atom. The van der Waals surface area contributed by atoms with Crippen LogP contribution in [0.2, 0.25) is 5.02 Å². The molecule has 0 radical (unpaired) electrons. The van der Waals surface area contributed by atoms with E-state index in [9.17, 15) is 9.18 Å². The number of nitrogens with two attached hydrogens (primary N) is 1. The highest BCUT2D eigenvalue weighted by Crippen LogP contribution is 2.31. The van der Waals surface area contributed by atoms with Crippen molar-refractivity contribution in [2.24, 2.45) is 5.73 Å².